The van der Waals surface area contributed by atoms with E-state index in [2.05, 4.69) is 10.0 Å². The molecule has 0 bridgehead atoms. The maximum absolute atomic E-state index is 12.4. The first-order valence-electron chi connectivity index (χ1n) is 9.50. The van der Waals surface area contributed by atoms with Gasteiger partial charge in [-0.25, -0.2) is 8.42 Å². The van der Waals surface area contributed by atoms with E-state index in [4.69, 9.17) is 4.74 Å². The van der Waals surface area contributed by atoms with Crippen molar-refractivity contribution in [1.29, 1.82) is 0 Å². The molecule has 0 aliphatic heterocycles. The van der Waals surface area contributed by atoms with E-state index < -0.39 is 22.0 Å². The molecule has 0 heterocycles. The van der Waals surface area contributed by atoms with Gasteiger partial charge in [0.2, 0.25) is 15.9 Å². The van der Waals surface area contributed by atoms with Gasteiger partial charge in [-0.1, -0.05) is 48.0 Å². The third-order valence-electron chi connectivity index (χ3n) is 4.43. The lowest BCUT2D eigenvalue weighted by molar-refractivity contribution is -0.117. The van der Waals surface area contributed by atoms with Crippen LogP contribution in [0.1, 0.15) is 18.1 Å². The minimum Gasteiger partial charge on any atom is -0.489 e. The molecule has 6 nitrogen and oxygen atoms in total. The highest BCUT2D eigenvalue weighted by atomic mass is 32.2. The number of amides is 1. The summed E-state index contributed by atoms with van der Waals surface area (Å²) in [6.07, 6.45) is 0. The summed E-state index contributed by atoms with van der Waals surface area (Å²) in [5, 5.41) is 2.70. The zero-order valence-electron chi connectivity index (χ0n) is 16.8. The minimum absolute atomic E-state index is 0.118. The van der Waals surface area contributed by atoms with E-state index in [1.807, 2.05) is 37.3 Å². The van der Waals surface area contributed by atoms with Gasteiger partial charge in [0.1, 0.15) is 12.4 Å². The topological polar surface area (TPSA) is 84.5 Å². The van der Waals surface area contributed by atoms with Crippen LogP contribution in [0.25, 0.3) is 0 Å². The van der Waals surface area contributed by atoms with Gasteiger partial charge >= 0.3 is 0 Å². The Hall–Kier alpha value is -3.16. The average molecular weight is 425 g/mol. The predicted molar refractivity (Wildman–Crippen MR) is 117 cm³/mol. The van der Waals surface area contributed by atoms with Crippen molar-refractivity contribution in [2.45, 2.75) is 31.4 Å². The Balaban J connectivity index is 1.55. The molecule has 1 atom stereocenters. The molecule has 3 aromatic rings. The lowest BCUT2D eigenvalue weighted by atomic mass is 10.2. The molecule has 7 heteroatoms. The monoisotopic (exact) mass is 424 g/mol. The number of hydrogen-bond donors (Lipinski definition) is 2. The molecule has 0 spiro atoms. The number of benzene rings is 3. The number of nitrogens with one attached hydrogen (secondary N) is 2. The first-order valence-corrected chi connectivity index (χ1v) is 11.0. The van der Waals surface area contributed by atoms with Crippen LogP contribution in [-0.4, -0.2) is 20.4 Å². The smallest absolute Gasteiger partial charge is 0.242 e. The number of anilines is 1. The fourth-order valence-corrected chi connectivity index (χ4v) is 3.90. The second kappa shape index (κ2) is 9.56. The van der Waals surface area contributed by atoms with Gasteiger partial charge in [-0.05, 0) is 55.8 Å². The summed E-state index contributed by atoms with van der Waals surface area (Å²) in [7, 11) is -3.78. The van der Waals surface area contributed by atoms with Gasteiger partial charge in [-0.3, -0.25) is 4.79 Å². The van der Waals surface area contributed by atoms with Crippen LogP contribution in [0.5, 0.6) is 5.75 Å². The number of aryl methyl sites for hydroxylation is 1. The highest BCUT2D eigenvalue weighted by molar-refractivity contribution is 7.89. The normalized spacial score (nSPS) is 12.2. The van der Waals surface area contributed by atoms with Crippen molar-refractivity contribution in [1.82, 2.24) is 4.72 Å². The van der Waals surface area contributed by atoms with Crippen molar-refractivity contribution in [2.75, 3.05) is 5.32 Å². The zero-order valence-corrected chi connectivity index (χ0v) is 17.6. The molecule has 1 unspecified atom stereocenters. The average Bonchev–Trinajstić information content (AvgIpc) is 2.74. The van der Waals surface area contributed by atoms with E-state index in [1.54, 1.807) is 36.4 Å². The van der Waals surface area contributed by atoms with Crippen molar-refractivity contribution in [3.8, 4) is 5.75 Å². The van der Waals surface area contributed by atoms with Crippen LogP contribution in [0.4, 0.5) is 5.69 Å². The second-order valence-corrected chi connectivity index (χ2v) is 8.66. The maximum Gasteiger partial charge on any atom is 0.242 e. The standard InChI is InChI=1S/C23H24N2O4S/c1-17-8-14-22(15-9-17)30(27,28)25-18(2)23(26)24-20-10-12-21(13-11-20)29-16-19-6-4-3-5-7-19/h3-15,18,25H,16H2,1-2H3,(H,24,26). The largest absolute Gasteiger partial charge is 0.489 e. The van der Waals surface area contributed by atoms with Crippen LogP contribution in [0.3, 0.4) is 0 Å². The number of carbonyl (C=O) groups is 1. The summed E-state index contributed by atoms with van der Waals surface area (Å²) in [4.78, 5) is 12.5. The van der Waals surface area contributed by atoms with Crippen LogP contribution in [0.2, 0.25) is 0 Å². The third kappa shape index (κ3) is 5.92. The molecule has 3 aromatic carbocycles. The van der Waals surface area contributed by atoms with Crippen LogP contribution in [0.15, 0.2) is 83.8 Å². The summed E-state index contributed by atoms with van der Waals surface area (Å²) in [5.41, 5.74) is 2.56. The maximum atomic E-state index is 12.4. The van der Waals surface area contributed by atoms with Gasteiger partial charge in [0.25, 0.3) is 0 Å². The van der Waals surface area contributed by atoms with Gasteiger partial charge in [-0.2, -0.15) is 4.72 Å². The third-order valence-corrected chi connectivity index (χ3v) is 5.98. The molecule has 0 aromatic heterocycles. The molecule has 0 fully saturated rings. The van der Waals surface area contributed by atoms with Crippen molar-refractivity contribution in [2.24, 2.45) is 0 Å². The van der Waals surface area contributed by atoms with Gasteiger partial charge in [-0.15, -0.1) is 0 Å². The van der Waals surface area contributed by atoms with E-state index >= 15 is 0 Å². The van der Waals surface area contributed by atoms with Gasteiger partial charge in [0.15, 0.2) is 0 Å². The quantitative estimate of drug-likeness (QED) is 0.575. The van der Waals surface area contributed by atoms with Gasteiger partial charge < -0.3 is 10.1 Å². The lowest BCUT2D eigenvalue weighted by Gasteiger charge is -2.15. The SMILES string of the molecule is Cc1ccc(S(=O)(=O)NC(C)C(=O)Nc2ccc(OCc3ccccc3)cc2)cc1. The number of hydrogen-bond acceptors (Lipinski definition) is 4. The van der Waals surface area contributed by atoms with Crippen LogP contribution in [0, 0.1) is 6.92 Å². The molecule has 156 valence electrons. The molecular weight excluding hydrogens is 400 g/mol. The Bertz CT molecular complexity index is 1080. The first-order chi connectivity index (χ1) is 14.3. The van der Waals surface area contributed by atoms with Crippen LogP contribution in [-0.2, 0) is 21.4 Å². The molecule has 0 aliphatic rings. The van der Waals surface area contributed by atoms with E-state index in [0.717, 1.165) is 11.1 Å². The Morgan fingerprint density at radius 3 is 2.20 bits per heavy atom. The molecule has 2 N–H and O–H groups in total. The number of carbonyl (C=O) groups excluding carboxylic acids is 1. The summed E-state index contributed by atoms with van der Waals surface area (Å²) in [6, 6.07) is 22.2. The Morgan fingerprint density at radius 2 is 1.57 bits per heavy atom. The molecule has 3 rings (SSSR count). The van der Waals surface area contributed by atoms with E-state index in [-0.39, 0.29) is 4.90 Å². The first kappa shape index (κ1) is 21.5. The Kier molecular flexibility index (Phi) is 6.87. The number of sulfonamides is 1. The second-order valence-electron chi connectivity index (χ2n) is 6.94. The molecule has 0 aliphatic carbocycles. The Labute approximate surface area is 177 Å². The van der Waals surface area contributed by atoms with Gasteiger partial charge in [0, 0.05) is 5.69 Å². The van der Waals surface area contributed by atoms with E-state index in [9.17, 15) is 13.2 Å². The molecule has 1 amide bonds. The van der Waals surface area contributed by atoms with E-state index in [1.165, 1.54) is 19.1 Å². The van der Waals surface area contributed by atoms with Crippen molar-refractivity contribution in [3.63, 3.8) is 0 Å². The highest BCUT2D eigenvalue weighted by Gasteiger charge is 2.22. The van der Waals surface area contributed by atoms with Crippen molar-refractivity contribution in [3.05, 3.63) is 90.0 Å². The fraction of sp³-hybridized carbons (Fsp3) is 0.174. The van der Waals surface area contributed by atoms with Gasteiger partial charge in [0.05, 0.1) is 10.9 Å². The zero-order chi connectivity index (χ0) is 21.6. The van der Waals surface area contributed by atoms with Crippen LogP contribution < -0.4 is 14.8 Å². The molecule has 0 saturated carbocycles. The number of ether oxygens (including phenoxy) is 1. The predicted octanol–water partition coefficient (Wildman–Crippen LogP) is 3.88. The van der Waals surface area contributed by atoms with Crippen molar-refractivity contribution < 1.29 is 17.9 Å². The molecule has 30 heavy (non-hydrogen) atoms. The summed E-state index contributed by atoms with van der Waals surface area (Å²) >= 11 is 0. The summed E-state index contributed by atoms with van der Waals surface area (Å²) in [6.45, 7) is 3.82. The highest BCUT2D eigenvalue weighted by Crippen LogP contribution is 2.18. The molecule has 0 saturated heterocycles. The fourth-order valence-electron chi connectivity index (χ4n) is 2.70. The summed E-state index contributed by atoms with van der Waals surface area (Å²) in [5.74, 6) is 0.216. The molecular formula is C23H24N2O4S. The minimum atomic E-state index is -3.78. The van der Waals surface area contributed by atoms with Crippen LogP contribution >= 0.6 is 0 Å². The summed E-state index contributed by atoms with van der Waals surface area (Å²) < 4.78 is 33.0. The van der Waals surface area contributed by atoms with Crippen molar-refractivity contribution >= 4 is 21.6 Å². The lowest BCUT2D eigenvalue weighted by Crippen LogP contribution is -2.41. The molecule has 0 radical (unpaired) electrons. The van der Waals surface area contributed by atoms with E-state index in [0.29, 0.717) is 18.0 Å². The number of rotatable bonds is 8. The Morgan fingerprint density at radius 1 is 0.933 bits per heavy atom.